The van der Waals surface area contributed by atoms with E-state index in [1.165, 1.54) is 12.2 Å². The summed E-state index contributed by atoms with van der Waals surface area (Å²) in [6.07, 6.45) is 2.70. The molecule has 2 aromatic rings. The molecule has 0 spiro atoms. The van der Waals surface area contributed by atoms with Crippen molar-refractivity contribution in [1.82, 2.24) is 0 Å². The van der Waals surface area contributed by atoms with E-state index in [4.69, 9.17) is 27.9 Å². The normalized spacial score (nSPS) is 10.6. The van der Waals surface area contributed by atoms with Gasteiger partial charge in [-0.1, -0.05) is 47.5 Å². The fraction of sp³-hybridized carbons (Fsp3) is 0.111. The summed E-state index contributed by atoms with van der Waals surface area (Å²) < 4.78 is 4.89. The van der Waals surface area contributed by atoms with Crippen LogP contribution in [-0.2, 0) is 14.3 Å². The zero-order chi connectivity index (χ0) is 17.5. The van der Waals surface area contributed by atoms with Crippen molar-refractivity contribution in [3.8, 4) is 0 Å². The fourth-order valence-electron chi connectivity index (χ4n) is 1.88. The Morgan fingerprint density at radius 3 is 2.62 bits per heavy atom. The fourth-order valence-corrected chi connectivity index (χ4v) is 2.35. The summed E-state index contributed by atoms with van der Waals surface area (Å²) in [6.45, 7) is 1.51. The number of carbonyl (C=O) groups is 2. The number of halogens is 2. The second-order valence-electron chi connectivity index (χ2n) is 4.97. The molecule has 0 aromatic heterocycles. The van der Waals surface area contributed by atoms with Crippen LogP contribution >= 0.6 is 23.2 Å². The standard InChI is InChI=1S/C18H15Cl2NO3/c1-12-4-2-3-5-16(12)21-17(22)11-24-18(23)9-7-13-6-8-14(19)10-15(13)20/h2-10H,11H2,1H3,(H,21,22). The van der Waals surface area contributed by atoms with Crippen LogP contribution in [0.15, 0.2) is 48.5 Å². The molecular weight excluding hydrogens is 349 g/mol. The van der Waals surface area contributed by atoms with E-state index in [0.717, 1.165) is 5.56 Å². The average Bonchev–Trinajstić information content (AvgIpc) is 2.54. The number of rotatable bonds is 5. The number of hydrogen-bond acceptors (Lipinski definition) is 3. The average molecular weight is 364 g/mol. The second kappa shape index (κ2) is 8.52. The summed E-state index contributed by atoms with van der Waals surface area (Å²) in [5.41, 5.74) is 2.24. The molecule has 0 aliphatic carbocycles. The van der Waals surface area contributed by atoms with E-state index in [9.17, 15) is 9.59 Å². The first-order valence-electron chi connectivity index (χ1n) is 7.11. The van der Waals surface area contributed by atoms with Gasteiger partial charge >= 0.3 is 5.97 Å². The summed E-state index contributed by atoms with van der Waals surface area (Å²) in [7, 11) is 0. The monoisotopic (exact) mass is 363 g/mol. The summed E-state index contributed by atoms with van der Waals surface area (Å²) in [5, 5.41) is 3.61. The highest BCUT2D eigenvalue weighted by Crippen LogP contribution is 2.22. The Kier molecular flexibility index (Phi) is 6.41. The van der Waals surface area contributed by atoms with Crippen LogP contribution in [0.25, 0.3) is 6.08 Å². The maximum absolute atomic E-state index is 11.8. The summed E-state index contributed by atoms with van der Waals surface area (Å²) in [5.74, 6) is -1.04. The number of esters is 1. The number of aryl methyl sites for hydroxylation is 1. The number of nitrogens with one attached hydrogen (secondary N) is 1. The first kappa shape index (κ1) is 18.0. The first-order chi connectivity index (χ1) is 11.5. The molecule has 1 amide bonds. The van der Waals surface area contributed by atoms with Crippen molar-refractivity contribution in [2.45, 2.75) is 6.92 Å². The van der Waals surface area contributed by atoms with Crippen molar-refractivity contribution in [2.24, 2.45) is 0 Å². The van der Waals surface area contributed by atoms with Crippen LogP contribution < -0.4 is 5.32 Å². The quantitative estimate of drug-likeness (QED) is 0.628. The highest BCUT2D eigenvalue weighted by atomic mass is 35.5. The number of para-hydroxylation sites is 1. The molecule has 2 aromatic carbocycles. The van der Waals surface area contributed by atoms with Crippen LogP contribution in [0.3, 0.4) is 0 Å². The summed E-state index contributed by atoms with van der Waals surface area (Å²) in [6, 6.07) is 12.2. The van der Waals surface area contributed by atoms with Gasteiger partial charge < -0.3 is 10.1 Å². The van der Waals surface area contributed by atoms with Crippen LogP contribution in [0.4, 0.5) is 5.69 Å². The van der Waals surface area contributed by atoms with Crippen molar-refractivity contribution in [3.05, 3.63) is 69.7 Å². The lowest BCUT2D eigenvalue weighted by Crippen LogP contribution is -2.20. The van der Waals surface area contributed by atoms with E-state index >= 15 is 0 Å². The van der Waals surface area contributed by atoms with Gasteiger partial charge in [0.2, 0.25) is 0 Å². The zero-order valence-corrected chi connectivity index (χ0v) is 14.4. The largest absolute Gasteiger partial charge is 0.452 e. The molecule has 1 N–H and O–H groups in total. The van der Waals surface area contributed by atoms with Crippen LogP contribution in [0.2, 0.25) is 10.0 Å². The van der Waals surface area contributed by atoms with Crippen molar-refractivity contribution in [2.75, 3.05) is 11.9 Å². The van der Waals surface area contributed by atoms with Gasteiger partial charge in [0.15, 0.2) is 6.61 Å². The third-order valence-electron chi connectivity index (χ3n) is 3.13. The van der Waals surface area contributed by atoms with E-state index in [1.54, 1.807) is 24.3 Å². The third kappa shape index (κ3) is 5.41. The number of ether oxygens (including phenoxy) is 1. The molecule has 0 unspecified atom stereocenters. The van der Waals surface area contributed by atoms with Crippen LogP contribution in [0.1, 0.15) is 11.1 Å². The molecule has 0 heterocycles. The minimum atomic E-state index is -0.638. The minimum absolute atomic E-state index is 0.369. The van der Waals surface area contributed by atoms with Crippen molar-refractivity contribution in [3.63, 3.8) is 0 Å². The smallest absolute Gasteiger partial charge is 0.331 e. The Morgan fingerprint density at radius 1 is 1.17 bits per heavy atom. The highest BCUT2D eigenvalue weighted by molar-refractivity contribution is 6.35. The topological polar surface area (TPSA) is 55.4 Å². The maximum atomic E-state index is 11.8. The molecule has 0 fully saturated rings. The van der Waals surface area contributed by atoms with Gasteiger partial charge in [-0.2, -0.15) is 0 Å². The van der Waals surface area contributed by atoms with Crippen LogP contribution in [0.5, 0.6) is 0 Å². The predicted octanol–water partition coefficient (Wildman–Crippen LogP) is 4.50. The SMILES string of the molecule is Cc1ccccc1NC(=O)COC(=O)C=Cc1ccc(Cl)cc1Cl. The van der Waals surface area contributed by atoms with Gasteiger partial charge in [0, 0.05) is 21.8 Å². The van der Waals surface area contributed by atoms with Gasteiger partial charge in [0.1, 0.15) is 0 Å². The summed E-state index contributed by atoms with van der Waals surface area (Å²) in [4.78, 5) is 23.4. The minimum Gasteiger partial charge on any atom is -0.452 e. The zero-order valence-electron chi connectivity index (χ0n) is 12.9. The van der Waals surface area contributed by atoms with Gasteiger partial charge in [0.05, 0.1) is 0 Å². The van der Waals surface area contributed by atoms with E-state index < -0.39 is 11.9 Å². The van der Waals surface area contributed by atoms with Crippen LogP contribution in [-0.4, -0.2) is 18.5 Å². The van der Waals surface area contributed by atoms with Gasteiger partial charge in [-0.25, -0.2) is 4.79 Å². The maximum Gasteiger partial charge on any atom is 0.331 e. The van der Waals surface area contributed by atoms with Gasteiger partial charge in [-0.05, 0) is 42.3 Å². The molecule has 0 saturated heterocycles. The molecule has 2 rings (SSSR count). The van der Waals surface area contributed by atoms with Gasteiger partial charge in [-0.15, -0.1) is 0 Å². The van der Waals surface area contributed by atoms with E-state index in [0.29, 0.717) is 21.3 Å². The van der Waals surface area contributed by atoms with Crippen molar-refractivity contribution < 1.29 is 14.3 Å². The Morgan fingerprint density at radius 2 is 1.92 bits per heavy atom. The van der Waals surface area contributed by atoms with Crippen molar-refractivity contribution in [1.29, 1.82) is 0 Å². The molecule has 124 valence electrons. The van der Waals surface area contributed by atoms with Gasteiger partial charge in [0.25, 0.3) is 5.91 Å². The lowest BCUT2D eigenvalue weighted by molar-refractivity contribution is -0.142. The molecule has 0 aliphatic rings. The Bertz CT molecular complexity index is 788. The van der Waals surface area contributed by atoms with E-state index in [1.807, 2.05) is 25.1 Å². The van der Waals surface area contributed by atoms with Crippen molar-refractivity contribution >= 4 is 46.8 Å². The number of amides is 1. The lowest BCUT2D eigenvalue weighted by Gasteiger charge is -2.07. The number of carbonyl (C=O) groups excluding carboxylic acids is 2. The molecule has 0 radical (unpaired) electrons. The number of benzene rings is 2. The summed E-state index contributed by atoms with van der Waals surface area (Å²) >= 11 is 11.8. The van der Waals surface area contributed by atoms with Gasteiger partial charge in [-0.3, -0.25) is 4.79 Å². The third-order valence-corrected chi connectivity index (χ3v) is 3.69. The molecule has 6 heteroatoms. The molecular formula is C18H15Cl2NO3. The van der Waals surface area contributed by atoms with E-state index in [2.05, 4.69) is 5.32 Å². The Hall–Kier alpha value is -2.30. The van der Waals surface area contributed by atoms with E-state index in [-0.39, 0.29) is 6.61 Å². The first-order valence-corrected chi connectivity index (χ1v) is 7.86. The molecule has 4 nitrogen and oxygen atoms in total. The van der Waals surface area contributed by atoms with Crippen LogP contribution in [0, 0.1) is 6.92 Å². The molecule has 0 bridgehead atoms. The molecule has 0 saturated carbocycles. The predicted molar refractivity (Wildman–Crippen MR) is 96.3 cm³/mol. The number of anilines is 1. The number of hydrogen-bond donors (Lipinski definition) is 1. The Balaban J connectivity index is 1.85. The molecule has 0 atom stereocenters. The highest BCUT2D eigenvalue weighted by Gasteiger charge is 2.07. The lowest BCUT2D eigenvalue weighted by atomic mass is 10.2. The molecule has 24 heavy (non-hydrogen) atoms. The molecule has 0 aliphatic heterocycles. The second-order valence-corrected chi connectivity index (χ2v) is 5.81. The Labute approximate surface area is 150 Å².